The first-order chi connectivity index (χ1) is 8.09. The minimum Gasteiger partial charge on any atom is -0.478 e. The van der Waals surface area contributed by atoms with Gasteiger partial charge in [0.2, 0.25) is 0 Å². The summed E-state index contributed by atoms with van der Waals surface area (Å²) >= 11 is 0. The highest BCUT2D eigenvalue weighted by molar-refractivity contribution is 5.91. The number of aromatic nitrogens is 3. The molecule has 5 heteroatoms. The van der Waals surface area contributed by atoms with Gasteiger partial charge in [-0.1, -0.05) is 0 Å². The molecule has 0 aliphatic carbocycles. The number of hydrogen-bond acceptors (Lipinski definition) is 4. The number of aromatic carboxylic acids is 1. The highest BCUT2D eigenvalue weighted by Gasteiger charge is 2.13. The minimum atomic E-state index is -0.955. The average Bonchev–Trinajstić information content (AvgIpc) is 2.28. The quantitative estimate of drug-likeness (QED) is 0.850. The summed E-state index contributed by atoms with van der Waals surface area (Å²) in [4.78, 5) is 23.1. The van der Waals surface area contributed by atoms with Crippen molar-refractivity contribution in [3.05, 3.63) is 41.6 Å². The van der Waals surface area contributed by atoms with E-state index in [1.807, 2.05) is 0 Å². The first-order valence-electron chi connectivity index (χ1n) is 5.06. The van der Waals surface area contributed by atoms with Crippen molar-refractivity contribution in [3.8, 4) is 11.3 Å². The third-order valence-electron chi connectivity index (χ3n) is 2.47. The fourth-order valence-corrected chi connectivity index (χ4v) is 1.73. The molecule has 0 aliphatic rings. The number of carboxylic acid groups (broad SMARTS) is 1. The monoisotopic (exact) mass is 229 g/mol. The molecule has 5 nitrogen and oxygen atoms in total. The number of nitrogens with zero attached hydrogens (tertiary/aromatic N) is 3. The molecule has 0 atom stereocenters. The maximum absolute atomic E-state index is 11.0. The van der Waals surface area contributed by atoms with Crippen LogP contribution < -0.4 is 0 Å². The maximum atomic E-state index is 11.0. The van der Waals surface area contributed by atoms with Gasteiger partial charge in [0.05, 0.1) is 17.0 Å². The smallest absolute Gasteiger partial charge is 0.337 e. The van der Waals surface area contributed by atoms with Crippen LogP contribution in [0.5, 0.6) is 0 Å². The topological polar surface area (TPSA) is 76.0 Å². The molecular weight excluding hydrogens is 218 g/mol. The summed E-state index contributed by atoms with van der Waals surface area (Å²) in [7, 11) is 0. The first kappa shape index (κ1) is 11.2. The molecule has 17 heavy (non-hydrogen) atoms. The standard InChI is InChI=1S/C12H11N3O2/c1-7-3-10(9-4-13-6-14-5-9)15-8(2)11(7)12(16)17/h3-6H,1-2H3,(H,16,17). The number of carboxylic acids is 1. The van der Waals surface area contributed by atoms with Crippen LogP contribution in [0.2, 0.25) is 0 Å². The molecule has 0 saturated carbocycles. The van der Waals surface area contributed by atoms with Gasteiger partial charge in [0.15, 0.2) is 0 Å². The summed E-state index contributed by atoms with van der Waals surface area (Å²) < 4.78 is 0. The van der Waals surface area contributed by atoms with Crippen molar-refractivity contribution >= 4 is 5.97 Å². The number of carbonyl (C=O) groups is 1. The molecular formula is C12H11N3O2. The lowest BCUT2D eigenvalue weighted by atomic mass is 10.1. The van der Waals surface area contributed by atoms with Crippen molar-refractivity contribution in [2.75, 3.05) is 0 Å². The van der Waals surface area contributed by atoms with E-state index in [0.29, 0.717) is 17.0 Å². The van der Waals surface area contributed by atoms with Crippen LogP contribution in [0.3, 0.4) is 0 Å². The number of pyridine rings is 1. The van der Waals surface area contributed by atoms with Crippen molar-refractivity contribution in [2.45, 2.75) is 13.8 Å². The van der Waals surface area contributed by atoms with Crippen molar-refractivity contribution in [2.24, 2.45) is 0 Å². The summed E-state index contributed by atoms with van der Waals surface area (Å²) in [5.41, 5.74) is 2.90. The Balaban J connectivity index is 2.57. The van der Waals surface area contributed by atoms with Gasteiger partial charge in [-0.25, -0.2) is 14.8 Å². The molecule has 0 bridgehead atoms. The largest absolute Gasteiger partial charge is 0.478 e. The van der Waals surface area contributed by atoms with Gasteiger partial charge in [-0.3, -0.25) is 4.98 Å². The zero-order chi connectivity index (χ0) is 12.4. The lowest BCUT2D eigenvalue weighted by Crippen LogP contribution is -2.05. The second-order valence-corrected chi connectivity index (χ2v) is 3.72. The Labute approximate surface area is 98.2 Å². The third kappa shape index (κ3) is 2.13. The molecule has 0 aliphatic heterocycles. The SMILES string of the molecule is Cc1cc(-c2cncnc2)nc(C)c1C(=O)O. The van der Waals surface area contributed by atoms with Crippen molar-refractivity contribution in [3.63, 3.8) is 0 Å². The lowest BCUT2D eigenvalue weighted by Gasteiger charge is -2.07. The van der Waals surface area contributed by atoms with E-state index in [4.69, 9.17) is 5.11 Å². The van der Waals surface area contributed by atoms with Gasteiger partial charge < -0.3 is 5.11 Å². The summed E-state index contributed by atoms with van der Waals surface area (Å²) in [5.74, 6) is -0.955. The van der Waals surface area contributed by atoms with Crippen LogP contribution in [-0.4, -0.2) is 26.0 Å². The molecule has 0 amide bonds. The van der Waals surface area contributed by atoms with Crippen molar-refractivity contribution < 1.29 is 9.90 Å². The van der Waals surface area contributed by atoms with E-state index in [-0.39, 0.29) is 5.56 Å². The van der Waals surface area contributed by atoms with Gasteiger partial charge in [0.25, 0.3) is 0 Å². The molecule has 0 fully saturated rings. The average molecular weight is 229 g/mol. The predicted molar refractivity (Wildman–Crippen MR) is 61.7 cm³/mol. The molecule has 0 radical (unpaired) electrons. The molecule has 2 aromatic heterocycles. The molecule has 1 N–H and O–H groups in total. The summed E-state index contributed by atoms with van der Waals surface area (Å²) in [6.07, 6.45) is 4.73. The molecule has 0 saturated heterocycles. The van der Waals surface area contributed by atoms with Crippen LogP contribution in [0.15, 0.2) is 24.8 Å². The van der Waals surface area contributed by atoms with Gasteiger partial charge in [0, 0.05) is 18.0 Å². The van der Waals surface area contributed by atoms with Gasteiger partial charge >= 0.3 is 5.97 Å². The number of rotatable bonds is 2. The Morgan fingerprint density at radius 2 is 1.88 bits per heavy atom. The Hall–Kier alpha value is -2.30. The fraction of sp³-hybridized carbons (Fsp3) is 0.167. The number of hydrogen-bond donors (Lipinski definition) is 1. The van der Waals surface area contributed by atoms with Gasteiger partial charge in [0.1, 0.15) is 6.33 Å². The first-order valence-corrected chi connectivity index (χ1v) is 5.06. The van der Waals surface area contributed by atoms with E-state index in [1.165, 1.54) is 6.33 Å². The third-order valence-corrected chi connectivity index (χ3v) is 2.47. The van der Waals surface area contributed by atoms with E-state index in [2.05, 4.69) is 15.0 Å². The molecule has 2 aromatic rings. The zero-order valence-corrected chi connectivity index (χ0v) is 9.51. The molecule has 2 rings (SSSR count). The second-order valence-electron chi connectivity index (χ2n) is 3.72. The summed E-state index contributed by atoms with van der Waals surface area (Å²) in [6, 6.07) is 1.73. The number of aryl methyl sites for hydroxylation is 2. The summed E-state index contributed by atoms with van der Waals surface area (Å²) in [6.45, 7) is 3.44. The maximum Gasteiger partial charge on any atom is 0.337 e. The highest BCUT2D eigenvalue weighted by atomic mass is 16.4. The Bertz CT molecular complexity index is 544. The van der Waals surface area contributed by atoms with Crippen LogP contribution in [0.25, 0.3) is 11.3 Å². The zero-order valence-electron chi connectivity index (χ0n) is 9.51. The van der Waals surface area contributed by atoms with Crippen molar-refractivity contribution in [1.29, 1.82) is 0 Å². The fourth-order valence-electron chi connectivity index (χ4n) is 1.73. The van der Waals surface area contributed by atoms with Crippen LogP contribution in [-0.2, 0) is 0 Å². The molecule has 86 valence electrons. The van der Waals surface area contributed by atoms with Crippen LogP contribution >= 0.6 is 0 Å². The van der Waals surface area contributed by atoms with E-state index >= 15 is 0 Å². The minimum absolute atomic E-state index is 0.255. The van der Waals surface area contributed by atoms with Crippen LogP contribution in [0, 0.1) is 13.8 Å². The highest BCUT2D eigenvalue weighted by Crippen LogP contribution is 2.20. The van der Waals surface area contributed by atoms with Gasteiger partial charge in [-0.05, 0) is 25.5 Å². The normalized spacial score (nSPS) is 10.2. The van der Waals surface area contributed by atoms with E-state index in [0.717, 1.165) is 5.56 Å². The van der Waals surface area contributed by atoms with E-state index < -0.39 is 5.97 Å². The van der Waals surface area contributed by atoms with E-state index in [1.54, 1.807) is 32.3 Å². The predicted octanol–water partition coefficient (Wildman–Crippen LogP) is 1.85. The van der Waals surface area contributed by atoms with E-state index in [9.17, 15) is 4.79 Å². The molecule has 0 aromatic carbocycles. The summed E-state index contributed by atoms with van der Waals surface area (Å²) in [5, 5.41) is 9.04. The second kappa shape index (κ2) is 4.29. The van der Waals surface area contributed by atoms with Crippen LogP contribution in [0.4, 0.5) is 0 Å². The van der Waals surface area contributed by atoms with Crippen molar-refractivity contribution in [1.82, 2.24) is 15.0 Å². The Morgan fingerprint density at radius 3 is 2.41 bits per heavy atom. The Morgan fingerprint density at radius 1 is 1.24 bits per heavy atom. The van der Waals surface area contributed by atoms with Crippen LogP contribution in [0.1, 0.15) is 21.6 Å². The van der Waals surface area contributed by atoms with Gasteiger partial charge in [-0.15, -0.1) is 0 Å². The molecule has 2 heterocycles. The molecule has 0 unspecified atom stereocenters. The lowest BCUT2D eigenvalue weighted by molar-refractivity contribution is 0.0695. The van der Waals surface area contributed by atoms with Gasteiger partial charge in [-0.2, -0.15) is 0 Å². The molecule has 0 spiro atoms. The Kier molecular flexibility index (Phi) is 2.82.